The van der Waals surface area contributed by atoms with E-state index in [9.17, 15) is 9.59 Å². The van der Waals surface area contributed by atoms with Crippen LogP contribution >= 0.6 is 0 Å². The summed E-state index contributed by atoms with van der Waals surface area (Å²) in [6.45, 7) is 5.41. The molecule has 0 fully saturated rings. The number of carbonyl (C=O) groups is 2. The lowest BCUT2D eigenvalue weighted by Gasteiger charge is -2.21. The fourth-order valence-electron chi connectivity index (χ4n) is 1.11. The average Bonchev–Trinajstić information content (AvgIpc) is 2.10. The molecule has 0 spiro atoms. The molecule has 0 heterocycles. The van der Waals surface area contributed by atoms with Crippen LogP contribution in [0.25, 0.3) is 0 Å². The molecular weight excluding hydrogens is 200 g/mol. The highest BCUT2D eigenvalue weighted by Crippen LogP contribution is 2.23. The molecule has 0 unspecified atom stereocenters. The van der Waals surface area contributed by atoms with E-state index in [1.807, 2.05) is 13.8 Å². The molecule has 14 heavy (non-hydrogen) atoms. The van der Waals surface area contributed by atoms with Crippen LogP contribution in [0.3, 0.4) is 0 Å². The molecule has 4 nitrogen and oxygen atoms in total. The van der Waals surface area contributed by atoms with Gasteiger partial charge in [-0.1, -0.05) is 0 Å². The minimum absolute atomic E-state index is 0.174. The molecule has 0 N–H and O–H groups in total. The van der Waals surface area contributed by atoms with Gasteiger partial charge in [-0.3, -0.25) is 9.59 Å². The average molecular weight is 218 g/mol. The third-order valence-electron chi connectivity index (χ3n) is 1.99. The van der Waals surface area contributed by atoms with Crippen LogP contribution in [0.2, 0.25) is 0 Å². The van der Waals surface area contributed by atoms with E-state index in [1.165, 1.54) is 6.92 Å². The molecule has 0 rings (SSSR count). The second-order valence-electron chi connectivity index (χ2n) is 3.82. The summed E-state index contributed by atoms with van der Waals surface area (Å²) in [7, 11) is 0.425. The van der Waals surface area contributed by atoms with Crippen LogP contribution < -0.4 is 0 Å². The van der Waals surface area contributed by atoms with Gasteiger partial charge in [-0.05, 0) is 26.7 Å². The first-order chi connectivity index (χ1) is 6.40. The van der Waals surface area contributed by atoms with Crippen molar-refractivity contribution in [3.05, 3.63) is 0 Å². The highest BCUT2D eigenvalue weighted by atomic mass is 28.2. The van der Waals surface area contributed by atoms with Gasteiger partial charge in [0.25, 0.3) is 5.97 Å². The molecule has 5 heteroatoms. The van der Waals surface area contributed by atoms with E-state index in [4.69, 9.17) is 9.16 Å². The molecule has 0 amide bonds. The first-order valence-electron chi connectivity index (χ1n) is 4.62. The fraction of sp³-hybridized carbons (Fsp3) is 0.778. The van der Waals surface area contributed by atoms with Gasteiger partial charge in [0, 0.05) is 6.92 Å². The monoisotopic (exact) mass is 218 g/mol. The highest BCUT2D eigenvalue weighted by Gasteiger charge is 2.27. The highest BCUT2D eigenvalue weighted by molar-refractivity contribution is 6.06. The largest absolute Gasteiger partial charge is 0.528 e. The van der Waals surface area contributed by atoms with Crippen LogP contribution in [0, 0.1) is 5.41 Å². The Labute approximate surface area is 87.5 Å². The van der Waals surface area contributed by atoms with Crippen molar-refractivity contribution in [1.82, 2.24) is 0 Å². The molecule has 0 bridgehead atoms. The van der Waals surface area contributed by atoms with Crippen molar-refractivity contribution in [2.45, 2.75) is 33.6 Å². The zero-order chi connectivity index (χ0) is 11.2. The van der Waals surface area contributed by atoms with Crippen molar-refractivity contribution in [2.24, 2.45) is 5.41 Å². The van der Waals surface area contributed by atoms with Gasteiger partial charge in [0.1, 0.15) is 0 Å². The van der Waals surface area contributed by atoms with Gasteiger partial charge in [0.15, 0.2) is 0 Å². The van der Waals surface area contributed by atoms with Gasteiger partial charge >= 0.3 is 5.97 Å². The topological polar surface area (TPSA) is 52.6 Å². The van der Waals surface area contributed by atoms with E-state index in [-0.39, 0.29) is 11.9 Å². The normalized spacial score (nSPS) is 11.1. The SMILES string of the molecule is CC(=O)OCCCC(C)(C)C(=O)O[SiH3]. The van der Waals surface area contributed by atoms with E-state index in [0.29, 0.717) is 29.9 Å². The molecule has 82 valence electrons. The molecule has 0 radical (unpaired) electrons. The van der Waals surface area contributed by atoms with Crippen molar-refractivity contribution >= 4 is 22.4 Å². The van der Waals surface area contributed by atoms with Gasteiger partial charge in [-0.15, -0.1) is 0 Å². The maximum atomic E-state index is 11.3. The maximum Gasteiger partial charge on any atom is 0.302 e. The summed E-state index contributed by atoms with van der Waals surface area (Å²) in [4.78, 5) is 21.7. The summed E-state index contributed by atoms with van der Waals surface area (Å²) in [6.07, 6.45) is 1.35. The number of hydrogen-bond donors (Lipinski definition) is 0. The van der Waals surface area contributed by atoms with Crippen molar-refractivity contribution < 1.29 is 18.8 Å². The molecule has 0 aromatic rings. The van der Waals surface area contributed by atoms with Crippen LogP contribution in [-0.4, -0.2) is 29.0 Å². The molecule has 0 aliphatic carbocycles. The molecule has 0 aromatic heterocycles. The number of rotatable bonds is 5. The van der Waals surface area contributed by atoms with Crippen molar-refractivity contribution in [3.63, 3.8) is 0 Å². The summed E-state index contributed by atoms with van der Waals surface area (Å²) in [5, 5.41) is 0. The van der Waals surface area contributed by atoms with E-state index in [2.05, 4.69) is 0 Å². The maximum absolute atomic E-state index is 11.3. The second-order valence-corrected chi connectivity index (χ2v) is 4.23. The zero-order valence-electron chi connectivity index (χ0n) is 9.25. The summed E-state index contributed by atoms with van der Waals surface area (Å²) in [5.74, 6) is -0.458. The van der Waals surface area contributed by atoms with E-state index in [1.54, 1.807) is 0 Å². The molecule has 0 aliphatic heterocycles. The Bertz CT molecular complexity index is 213. The smallest absolute Gasteiger partial charge is 0.302 e. The number of ether oxygens (including phenoxy) is 1. The Balaban J connectivity index is 3.76. The van der Waals surface area contributed by atoms with Crippen LogP contribution in [0.1, 0.15) is 33.6 Å². The summed E-state index contributed by atoms with van der Waals surface area (Å²) >= 11 is 0. The first-order valence-corrected chi connectivity index (χ1v) is 5.43. The Hall–Kier alpha value is -0.843. The Morgan fingerprint density at radius 1 is 1.36 bits per heavy atom. The minimum Gasteiger partial charge on any atom is -0.528 e. The molecular formula is C9H18O4Si. The molecule has 0 saturated heterocycles. The van der Waals surface area contributed by atoms with Gasteiger partial charge in [0.2, 0.25) is 10.5 Å². The standard InChI is InChI=1S/C9H18O4Si/c1-7(10)12-6-4-5-9(2,3)8(11)13-14/h4-6H2,1-3,14H3. The minimum atomic E-state index is -0.470. The van der Waals surface area contributed by atoms with Gasteiger partial charge < -0.3 is 9.16 Å². The molecule has 0 atom stereocenters. The lowest BCUT2D eigenvalue weighted by atomic mass is 9.88. The van der Waals surface area contributed by atoms with E-state index in [0.717, 1.165) is 0 Å². The Morgan fingerprint density at radius 2 is 1.93 bits per heavy atom. The van der Waals surface area contributed by atoms with Crippen LogP contribution in [0.15, 0.2) is 0 Å². The van der Waals surface area contributed by atoms with Crippen LogP contribution in [-0.2, 0) is 18.8 Å². The summed E-state index contributed by atoms with van der Waals surface area (Å²) < 4.78 is 9.55. The van der Waals surface area contributed by atoms with Crippen LogP contribution in [0.5, 0.6) is 0 Å². The Morgan fingerprint density at radius 3 is 2.36 bits per heavy atom. The lowest BCUT2D eigenvalue weighted by Crippen LogP contribution is -2.26. The predicted molar refractivity (Wildman–Crippen MR) is 55.7 cm³/mol. The number of esters is 1. The van der Waals surface area contributed by atoms with Crippen molar-refractivity contribution in [2.75, 3.05) is 6.61 Å². The summed E-state index contributed by atoms with van der Waals surface area (Å²) in [5.41, 5.74) is -0.470. The van der Waals surface area contributed by atoms with Crippen molar-refractivity contribution in [1.29, 1.82) is 0 Å². The number of hydrogen-bond acceptors (Lipinski definition) is 4. The third kappa shape index (κ3) is 5.01. The van der Waals surface area contributed by atoms with Crippen LogP contribution in [0.4, 0.5) is 0 Å². The quantitative estimate of drug-likeness (QED) is 0.375. The van der Waals surface area contributed by atoms with E-state index >= 15 is 0 Å². The molecule has 0 aliphatic rings. The fourth-order valence-corrected chi connectivity index (χ4v) is 1.66. The Kier molecular flexibility index (Phi) is 5.45. The van der Waals surface area contributed by atoms with E-state index < -0.39 is 5.41 Å². The van der Waals surface area contributed by atoms with Gasteiger partial charge in [-0.2, -0.15) is 0 Å². The zero-order valence-corrected chi connectivity index (χ0v) is 11.3. The predicted octanol–water partition coefficient (Wildman–Crippen LogP) is 0.179. The summed E-state index contributed by atoms with van der Waals surface area (Å²) in [6, 6.07) is 0. The molecule has 0 aromatic carbocycles. The lowest BCUT2D eigenvalue weighted by molar-refractivity contribution is -0.144. The van der Waals surface area contributed by atoms with Crippen molar-refractivity contribution in [3.8, 4) is 0 Å². The molecule has 0 saturated carbocycles. The third-order valence-corrected chi connectivity index (χ3v) is 2.36. The number of carbonyl (C=O) groups excluding carboxylic acids is 2. The first kappa shape index (κ1) is 13.2. The van der Waals surface area contributed by atoms with Gasteiger partial charge in [-0.25, -0.2) is 0 Å². The second kappa shape index (κ2) is 5.80. The van der Waals surface area contributed by atoms with Gasteiger partial charge in [0.05, 0.1) is 12.0 Å².